The first-order valence-corrected chi connectivity index (χ1v) is 9.26. The third-order valence-corrected chi connectivity index (χ3v) is 5.34. The van der Waals surface area contributed by atoms with Gasteiger partial charge in [0.15, 0.2) is 0 Å². The molecule has 0 saturated heterocycles. The van der Waals surface area contributed by atoms with E-state index in [-0.39, 0.29) is 6.03 Å². The highest BCUT2D eigenvalue weighted by molar-refractivity contribution is 7.19. The van der Waals surface area contributed by atoms with Gasteiger partial charge in [-0.05, 0) is 25.0 Å². The van der Waals surface area contributed by atoms with E-state index in [0.717, 1.165) is 5.13 Å². The lowest BCUT2D eigenvalue weighted by Crippen LogP contribution is -2.33. The summed E-state index contributed by atoms with van der Waals surface area (Å²) in [6.07, 6.45) is 6.22. The van der Waals surface area contributed by atoms with E-state index >= 15 is 0 Å². The monoisotopic (exact) mass is 361 g/mol. The molecule has 1 aliphatic rings. The fraction of sp³-hybridized carbons (Fsp3) is 0.471. The van der Waals surface area contributed by atoms with Crippen LogP contribution in [0.4, 0.5) is 20.7 Å². The predicted octanol–water partition coefficient (Wildman–Crippen LogP) is 3.96. The molecular formula is C17H23N5O2S. The zero-order valence-corrected chi connectivity index (χ0v) is 15.3. The van der Waals surface area contributed by atoms with Crippen molar-refractivity contribution < 1.29 is 9.53 Å². The second kappa shape index (κ2) is 8.15. The first-order valence-electron chi connectivity index (χ1n) is 8.44. The van der Waals surface area contributed by atoms with Gasteiger partial charge in [0.2, 0.25) is 10.3 Å². The minimum absolute atomic E-state index is 0.368. The summed E-state index contributed by atoms with van der Waals surface area (Å²) in [5.41, 5.74) is 0.603. The summed E-state index contributed by atoms with van der Waals surface area (Å²) in [6.45, 7) is 0. The fourth-order valence-corrected chi connectivity index (χ4v) is 3.80. The number of hydrogen-bond acceptors (Lipinski definition) is 6. The van der Waals surface area contributed by atoms with Gasteiger partial charge in [0.1, 0.15) is 5.75 Å². The van der Waals surface area contributed by atoms with E-state index in [1.54, 1.807) is 19.2 Å². The highest BCUT2D eigenvalue weighted by Gasteiger charge is 2.21. The lowest BCUT2D eigenvalue weighted by molar-refractivity contribution is 0.262. The summed E-state index contributed by atoms with van der Waals surface area (Å²) >= 11 is 1.38. The van der Waals surface area contributed by atoms with Crippen LogP contribution in [-0.2, 0) is 0 Å². The summed E-state index contributed by atoms with van der Waals surface area (Å²) in [5, 5.41) is 15.1. The number of amides is 2. The molecule has 2 aromatic rings. The molecule has 1 aromatic carbocycles. The lowest BCUT2D eigenvalue weighted by atomic mass is 9.95. The van der Waals surface area contributed by atoms with Gasteiger partial charge in [-0.2, -0.15) is 0 Å². The van der Waals surface area contributed by atoms with E-state index in [2.05, 4.69) is 32.8 Å². The van der Waals surface area contributed by atoms with E-state index in [9.17, 15) is 4.79 Å². The number of hydrogen-bond donors (Lipinski definition) is 2. The van der Waals surface area contributed by atoms with Crippen LogP contribution in [0.25, 0.3) is 0 Å². The van der Waals surface area contributed by atoms with Crippen molar-refractivity contribution >= 4 is 33.3 Å². The number of anilines is 3. The maximum absolute atomic E-state index is 12.2. The van der Waals surface area contributed by atoms with Gasteiger partial charge in [-0.3, -0.25) is 5.32 Å². The molecule has 2 amide bonds. The quantitative estimate of drug-likeness (QED) is 0.843. The van der Waals surface area contributed by atoms with Crippen LogP contribution in [0.5, 0.6) is 5.75 Å². The Morgan fingerprint density at radius 1 is 1.20 bits per heavy atom. The first-order chi connectivity index (χ1) is 12.2. The van der Waals surface area contributed by atoms with Gasteiger partial charge in [0, 0.05) is 13.1 Å². The van der Waals surface area contributed by atoms with E-state index in [0.29, 0.717) is 22.6 Å². The molecular weight excluding hydrogens is 338 g/mol. The molecule has 25 heavy (non-hydrogen) atoms. The maximum Gasteiger partial charge on any atom is 0.325 e. The van der Waals surface area contributed by atoms with Crippen LogP contribution in [0.3, 0.4) is 0 Å². The van der Waals surface area contributed by atoms with Crippen LogP contribution in [0, 0.1) is 0 Å². The number of carbonyl (C=O) groups excluding carboxylic acids is 1. The number of urea groups is 1. The van der Waals surface area contributed by atoms with Crippen molar-refractivity contribution in [1.29, 1.82) is 0 Å². The number of rotatable bonds is 5. The van der Waals surface area contributed by atoms with Gasteiger partial charge in [0.25, 0.3) is 0 Å². The number of methoxy groups -OCH3 is 1. The maximum atomic E-state index is 12.2. The third kappa shape index (κ3) is 4.39. The summed E-state index contributed by atoms with van der Waals surface area (Å²) < 4.78 is 5.22. The van der Waals surface area contributed by atoms with Gasteiger partial charge in [-0.1, -0.05) is 42.7 Å². The third-order valence-electron chi connectivity index (χ3n) is 4.41. The molecule has 0 aliphatic heterocycles. The van der Waals surface area contributed by atoms with Crippen molar-refractivity contribution in [2.75, 3.05) is 29.7 Å². The van der Waals surface area contributed by atoms with E-state index in [1.807, 2.05) is 12.1 Å². The summed E-state index contributed by atoms with van der Waals surface area (Å²) in [4.78, 5) is 14.4. The molecule has 2 N–H and O–H groups in total. The van der Waals surface area contributed by atoms with Crippen molar-refractivity contribution in [3.8, 4) is 5.75 Å². The topological polar surface area (TPSA) is 79.4 Å². The van der Waals surface area contributed by atoms with Crippen molar-refractivity contribution in [3.05, 3.63) is 24.3 Å². The molecule has 1 saturated carbocycles. The first kappa shape index (κ1) is 17.5. The number of carbonyl (C=O) groups is 1. The minimum atomic E-state index is -0.368. The van der Waals surface area contributed by atoms with Crippen LogP contribution in [0.15, 0.2) is 24.3 Å². The molecule has 8 heteroatoms. The largest absolute Gasteiger partial charge is 0.495 e. The Labute approximate surface area is 151 Å². The van der Waals surface area contributed by atoms with E-state index in [4.69, 9.17) is 4.74 Å². The van der Waals surface area contributed by atoms with Crippen molar-refractivity contribution in [3.63, 3.8) is 0 Å². The summed E-state index contributed by atoms with van der Waals surface area (Å²) in [5.74, 6) is 0.604. The second-order valence-corrected chi connectivity index (χ2v) is 7.03. The van der Waals surface area contributed by atoms with Crippen LogP contribution < -0.4 is 20.3 Å². The molecule has 1 fully saturated rings. The predicted molar refractivity (Wildman–Crippen MR) is 101 cm³/mol. The Kier molecular flexibility index (Phi) is 5.70. The Bertz CT molecular complexity index is 715. The number of nitrogens with one attached hydrogen (secondary N) is 2. The zero-order chi connectivity index (χ0) is 17.6. The Balaban J connectivity index is 1.59. The van der Waals surface area contributed by atoms with E-state index in [1.165, 1.54) is 43.4 Å². The van der Waals surface area contributed by atoms with Gasteiger partial charge in [-0.25, -0.2) is 4.79 Å². The number of nitrogens with zero attached hydrogens (tertiary/aromatic N) is 3. The number of benzene rings is 1. The lowest BCUT2D eigenvalue weighted by Gasteiger charge is -2.30. The Morgan fingerprint density at radius 2 is 1.96 bits per heavy atom. The molecule has 0 bridgehead atoms. The van der Waals surface area contributed by atoms with Gasteiger partial charge >= 0.3 is 6.03 Å². The van der Waals surface area contributed by atoms with Crippen LogP contribution in [-0.4, -0.2) is 36.4 Å². The van der Waals surface area contributed by atoms with Gasteiger partial charge in [-0.15, -0.1) is 10.2 Å². The highest BCUT2D eigenvalue weighted by atomic mass is 32.1. The number of ether oxygens (including phenoxy) is 1. The molecule has 1 heterocycles. The van der Waals surface area contributed by atoms with Crippen molar-refractivity contribution in [1.82, 2.24) is 10.2 Å². The molecule has 134 valence electrons. The normalized spacial score (nSPS) is 14.8. The van der Waals surface area contributed by atoms with Crippen molar-refractivity contribution in [2.45, 2.75) is 38.1 Å². The summed E-state index contributed by atoms with van der Waals surface area (Å²) in [7, 11) is 3.62. The molecule has 0 spiro atoms. The number of para-hydroxylation sites is 2. The van der Waals surface area contributed by atoms with Crippen molar-refractivity contribution in [2.24, 2.45) is 0 Å². The Morgan fingerprint density at radius 3 is 2.72 bits per heavy atom. The Hall–Kier alpha value is -2.35. The van der Waals surface area contributed by atoms with E-state index < -0.39 is 0 Å². The summed E-state index contributed by atoms with van der Waals surface area (Å²) in [6, 6.07) is 7.39. The van der Waals surface area contributed by atoms with Gasteiger partial charge in [0.05, 0.1) is 12.8 Å². The fourth-order valence-electron chi connectivity index (χ4n) is 3.03. The highest BCUT2D eigenvalue weighted by Crippen LogP contribution is 2.30. The van der Waals surface area contributed by atoms with Crippen LogP contribution >= 0.6 is 11.3 Å². The molecule has 1 aliphatic carbocycles. The molecule has 3 rings (SSSR count). The smallest absolute Gasteiger partial charge is 0.325 e. The SMILES string of the molecule is COc1ccccc1NC(=O)Nc1nnc(N(C)C2CCCCC2)s1. The average molecular weight is 361 g/mol. The number of aromatic nitrogens is 2. The molecule has 0 atom stereocenters. The molecule has 0 radical (unpaired) electrons. The van der Waals surface area contributed by atoms with Crippen LogP contribution in [0.1, 0.15) is 32.1 Å². The zero-order valence-electron chi connectivity index (χ0n) is 14.5. The second-order valence-electron chi connectivity index (χ2n) is 6.07. The van der Waals surface area contributed by atoms with Crippen LogP contribution in [0.2, 0.25) is 0 Å². The van der Waals surface area contributed by atoms with Gasteiger partial charge < -0.3 is 15.0 Å². The molecule has 0 unspecified atom stereocenters. The minimum Gasteiger partial charge on any atom is -0.495 e. The average Bonchev–Trinajstić information content (AvgIpc) is 3.10. The standard InChI is InChI=1S/C17H23N5O2S/c1-22(12-8-4-3-5-9-12)17-21-20-16(25-17)19-15(23)18-13-10-6-7-11-14(13)24-2/h6-7,10-12H,3-5,8-9H2,1-2H3,(H2,18,19,20,23). The molecule has 7 nitrogen and oxygen atoms in total. The molecule has 1 aromatic heterocycles.